The normalized spacial score (nSPS) is 17.4. The first-order valence-electron chi connectivity index (χ1n) is 12.6. The minimum Gasteiger partial charge on any atom is -0.496 e. The lowest BCUT2D eigenvalue weighted by molar-refractivity contribution is -0.138. The fourth-order valence-corrected chi connectivity index (χ4v) is 4.80. The summed E-state index contributed by atoms with van der Waals surface area (Å²) in [5, 5.41) is 10.1. The third-order valence-electron chi connectivity index (χ3n) is 6.93. The Morgan fingerprint density at radius 1 is 1.05 bits per heavy atom. The Kier molecular flexibility index (Phi) is 8.42. The largest absolute Gasteiger partial charge is 0.496 e. The molecule has 3 aromatic rings. The smallest absolute Gasteiger partial charge is 0.421 e. The van der Waals surface area contributed by atoms with Crippen molar-refractivity contribution in [2.45, 2.75) is 45.3 Å². The van der Waals surface area contributed by atoms with Gasteiger partial charge >= 0.3 is 12.1 Å². The minimum absolute atomic E-state index is 0.0495. The predicted molar refractivity (Wildman–Crippen MR) is 138 cm³/mol. The summed E-state index contributed by atoms with van der Waals surface area (Å²) in [6.07, 6.45) is -0.408. The molecule has 4 rings (SSSR count). The van der Waals surface area contributed by atoms with Gasteiger partial charge in [-0.2, -0.15) is 13.2 Å². The van der Waals surface area contributed by atoms with Crippen molar-refractivity contribution in [2.75, 3.05) is 12.0 Å². The quantitative estimate of drug-likeness (QED) is 0.331. The number of anilines is 1. The Balaban J connectivity index is 1.74. The summed E-state index contributed by atoms with van der Waals surface area (Å²) >= 11 is 0. The summed E-state index contributed by atoms with van der Waals surface area (Å²) in [7, 11) is 1.51. The fourth-order valence-electron chi connectivity index (χ4n) is 4.80. The van der Waals surface area contributed by atoms with Gasteiger partial charge in [-0.05, 0) is 68.0 Å². The molecular weight excluding hydrogens is 513 g/mol. The first-order chi connectivity index (χ1) is 18.6. The summed E-state index contributed by atoms with van der Waals surface area (Å²) in [4.78, 5) is 31.3. The number of amides is 1. The van der Waals surface area contributed by atoms with Crippen molar-refractivity contribution in [3.05, 3.63) is 77.5 Å². The van der Waals surface area contributed by atoms with Crippen LogP contribution in [0.25, 0.3) is 0 Å². The van der Waals surface area contributed by atoms with E-state index in [-0.39, 0.29) is 35.4 Å². The zero-order valence-electron chi connectivity index (χ0n) is 21.6. The number of carbonyl (C=O) groups is 2. The zero-order valence-corrected chi connectivity index (χ0v) is 21.6. The van der Waals surface area contributed by atoms with Gasteiger partial charge in [0.15, 0.2) is 0 Å². The van der Waals surface area contributed by atoms with Crippen molar-refractivity contribution in [1.29, 1.82) is 0 Å². The molecule has 0 spiro atoms. The van der Waals surface area contributed by atoms with Gasteiger partial charge in [-0.15, -0.1) is 0 Å². The molecule has 0 aliphatic heterocycles. The number of halogens is 3. The lowest BCUT2D eigenvalue weighted by atomic mass is 9.82. The van der Waals surface area contributed by atoms with Crippen molar-refractivity contribution in [3.8, 4) is 17.4 Å². The van der Waals surface area contributed by atoms with Gasteiger partial charge < -0.3 is 19.5 Å². The maximum Gasteiger partial charge on any atom is 0.421 e. The van der Waals surface area contributed by atoms with Gasteiger partial charge in [-0.25, -0.2) is 9.78 Å². The molecule has 10 heteroatoms. The molecule has 1 N–H and O–H groups in total. The number of aromatic carboxylic acids is 1. The zero-order chi connectivity index (χ0) is 28.2. The number of hydrogen-bond acceptors (Lipinski definition) is 5. The average Bonchev–Trinajstić information content (AvgIpc) is 2.92. The summed E-state index contributed by atoms with van der Waals surface area (Å²) < 4.78 is 51.1. The molecule has 7 nitrogen and oxygen atoms in total. The second-order valence-electron chi connectivity index (χ2n) is 9.63. The third kappa shape index (κ3) is 6.50. The number of aromatic nitrogens is 1. The number of nitrogens with zero attached hydrogens (tertiary/aromatic N) is 2. The molecule has 0 unspecified atom stereocenters. The number of alkyl halides is 3. The van der Waals surface area contributed by atoms with Crippen LogP contribution in [0.1, 0.15) is 54.1 Å². The second-order valence-corrected chi connectivity index (χ2v) is 9.63. The highest BCUT2D eigenvalue weighted by Crippen LogP contribution is 2.38. The standard InChI is InChI=1S/C29H29F3N2O5/c1-18-9-11-19(12-10-18)27(35)34(17-20-6-3-4-8-25(20)38-2)24-14-13-21(16-22(24)28(36)37)39-26-23(29(30,31)32)7-5-15-33-26/h3-8,13-16,18-19H,9-12,17H2,1-2H3,(H,36,37). The van der Waals surface area contributed by atoms with Crippen LogP contribution in [-0.2, 0) is 17.5 Å². The number of benzene rings is 2. The monoisotopic (exact) mass is 542 g/mol. The van der Waals surface area contributed by atoms with Crippen molar-refractivity contribution < 1.29 is 37.3 Å². The molecule has 0 radical (unpaired) electrons. The van der Waals surface area contributed by atoms with E-state index in [2.05, 4.69) is 11.9 Å². The topological polar surface area (TPSA) is 89.0 Å². The van der Waals surface area contributed by atoms with E-state index in [9.17, 15) is 27.9 Å². The van der Waals surface area contributed by atoms with Crippen molar-refractivity contribution in [2.24, 2.45) is 11.8 Å². The van der Waals surface area contributed by atoms with E-state index >= 15 is 0 Å². The van der Waals surface area contributed by atoms with Gasteiger partial charge in [-0.1, -0.05) is 25.1 Å². The molecule has 1 aliphatic rings. The highest BCUT2D eigenvalue weighted by Gasteiger charge is 2.36. The van der Waals surface area contributed by atoms with Crippen molar-refractivity contribution in [1.82, 2.24) is 4.98 Å². The molecule has 0 bridgehead atoms. The van der Waals surface area contributed by atoms with Gasteiger partial charge in [0.05, 0.1) is 24.9 Å². The number of pyridine rings is 1. The van der Waals surface area contributed by atoms with E-state index in [4.69, 9.17) is 9.47 Å². The summed E-state index contributed by atoms with van der Waals surface area (Å²) in [6, 6.07) is 12.9. The lowest BCUT2D eigenvalue weighted by Crippen LogP contribution is -2.38. The highest BCUT2D eigenvalue weighted by molar-refractivity contribution is 6.03. The Labute approximate surface area is 224 Å². The van der Waals surface area contributed by atoms with Crippen LogP contribution < -0.4 is 14.4 Å². The molecule has 39 heavy (non-hydrogen) atoms. The number of methoxy groups -OCH3 is 1. The van der Waals surface area contributed by atoms with Gasteiger partial charge in [0.25, 0.3) is 0 Å². The number of rotatable bonds is 8. The Morgan fingerprint density at radius 2 is 1.77 bits per heavy atom. The molecule has 1 saturated carbocycles. The van der Waals surface area contributed by atoms with E-state index < -0.39 is 23.6 Å². The van der Waals surface area contributed by atoms with Crippen LogP contribution in [0.15, 0.2) is 60.8 Å². The number of carboxylic acids is 1. The van der Waals surface area contributed by atoms with Gasteiger partial charge in [0.2, 0.25) is 11.8 Å². The molecule has 206 valence electrons. The lowest BCUT2D eigenvalue weighted by Gasteiger charge is -2.32. The van der Waals surface area contributed by atoms with Crippen LogP contribution in [-0.4, -0.2) is 29.1 Å². The fraction of sp³-hybridized carbons (Fsp3) is 0.345. The number of carbonyl (C=O) groups excluding carboxylic acids is 1. The first kappa shape index (κ1) is 27.9. The van der Waals surface area contributed by atoms with Crippen LogP contribution >= 0.6 is 0 Å². The van der Waals surface area contributed by atoms with Crippen LogP contribution in [0.5, 0.6) is 17.4 Å². The molecule has 1 aromatic heterocycles. The summed E-state index contributed by atoms with van der Waals surface area (Å²) in [6.45, 7) is 2.19. The van der Waals surface area contributed by atoms with E-state index in [1.54, 1.807) is 24.3 Å². The Bertz CT molecular complexity index is 1340. The minimum atomic E-state index is -4.71. The van der Waals surface area contributed by atoms with Crippen LogP contribution in [0, 0.1) is 11.8 Å². The number of para-hydroxylation sites is 1. The third-order valence-corrected chi connectivity index (χ3v) is 6.93. The van der Waals surface area contributed by atoms with Gasteiger partial charge in [-0.3, -0.25) is 4.79 Å². The van der Waals surface area contributed by atoms with Crippen LogP contribution in [0.4, 0.5) is 18.9 Å². The molecule has 1 aliphatic carbocycles. The van der Waals surface area contributed by atoms with E-state index in [0.717, 1.165) is 37.2 Å². The SMILES string of the molecule is COc1ccccc1CN(C(=O)C1CCC(C)CC1)c1ccc(Oc2ncccc2C(F)(F)F)cc1C(=O)O. The van der Waals surface area contributed by atoms with E-state index in [0.29, 0.717) is 30.1 Å². The van der Waals surface area contributed by atoms with Crippen LogP contribution in [0.3, 0.4) is 0 Å². The van der Waals surface area contributed by atoms with Crippen LogP contribution in [0.2, 0.25) is 0 Å². The maximum atomic E-state index is 13.8. The van der Waals surface area contributed by atoms with Gasteiger partial charge in [0.1, 0.15) is 17.1 Å². The number of carboxylic acid groups (broad SMARTS) is 1. The first-order valence-corrected chi connectivity index (χ1v) is 12.6. The van der Waals surface area contributed by atoms with Crippen molar-refractivity contribution >= 4 is 17.6 Å². The highest BCUT2D eigenvalue weighted by atomic mass is 19.4. The Hall–Kier alpha value is -4.08. The Morgan fingerprint density at radius 3 is 2.44 bits per heavy atom. The molecule has 1 amide bonds. The second kappa shape index (κ2) is 11.8. The summed E-state index contributed by atoms with van der Waals surface area (Å²) in [5.74, 6) is -1.66. The number of ether oxygens (including phenoxy) is 2. The summed E-state index contributed by atoms with van der Waals surface area (Å²) in [5.41, 5.74) is -0.589. The molecule has 0 atom stereocenters. The molecule has 1 fully saturated rings. The van der Waals surface area contributed by atoms with Gasteiger partial charge in [0, 0.05) is 17.7 Å². The van der Waals surface area contributed by atoms with E-state index in [1.165, 1.54) is 24.1 Å². The number of hydrogen-bond donors (Lipinski definition) is 1. The van der Waals surface area contributed by atoms with Crippen molar-refractivity contribution in [3.63, 3.8) is 0 Å². The predicted octanol–water partition coefficient (Wildman–Crippen LogP) is 6.96. The maximum absolute atomic E-state index is 13.8. The molecule has 2 aromatic carbocycles. The molecule has 0 saturated heterocycles. The molecular formula is C29H29F3N2O5. The van der Waals surface area contributed by atoms with E-state index in [1.807, 2.05) is 0 Å². The molecule has 1 heterocycles. The average molecular weight is 543 g/mol.